The average molecular weight is 190 g/mol. The zero-order valence-corrected chi connectivity index (χ0v) is 9.39. The Morgan fingerprint density at radius 3 is 2.64 bits per heavy atom. The Morgan fingerprint density at radius 2 is 1.86 bits per heavy atom. The topological polar surface area (TPSA) is 0 Å². The van der Waals surface area contributed by atoms with Crippen molar-refractivity contribution in [2.75, 3.05) is 0 Å². The van der Waals surface area contributed by atoms with E-state index in [1.807, 2.05) is 0 Å². The molecule has 1 fully saturated rings. The minimum atomic E-state index is 0.994. The van der Waals surface area contributed by atoms with Crippen molar-refractivity contribution in [3.8, 4) is 0 Å². The van der Waals surface area contributed by atoms with Gasteiger partial charge in [0, 0.05) is 0 Å². The van der Waals surface area contributed by atoms with E-state index in [9.17, 15) is 0 Å². The molecule has 2 unspecified atom stereocenters. The molecule has 0 spiro atoms. The number of rotatable bonds is 0. The molecule has 2 aliphatic rings. The third-order valence-electron chi connectivity index (χ3n) is 3.94. The average Bonchev–Trinajstić information content (AvgIpc) is 2.14. The highest BCUT2D eigenvalue weighted by atomic mass is 14.3. The van der Waals surface area contributed by atoms with Crippen molar-refractivity contribution < 1.29 is 0 Å². The Hall–Kier alpha value is -0.520. The second kappa shape index (κ2) is 4.33. The minimum absolute atomic E-state index is 0.994. The summed E-state index contributed by atoms with van der Waals surface area (Å²) in [5.74, 6) is 2.00. The van der Waals surface area contributed by atoms with E-state index in [0.29, 0.717) is 0 Å². The summed E-state index contributed by atoms with van der Waals surface area (Å²) in [6, 6.07) is 0. The zero-order chi connectivity index (χ0) is 9.97. The molecule has 2 atom stereocenters. The Labute approximate surface area is 88.1 Å². The molecular formula is C14H22. The molecule has 0 heterocycles. The first kappa shape index (κ1) is 10.0. The molecule has 1 saturated carbocycles. The summed E-state index contributed by atoms with van der Waals surface area (Å²) in [5, 5.41) is 0. The van der Waals surface area contributed by atoms with E-state index in [0.717, 1.165) is 11.8 Å². The van der Waals surface area contributed by atoms with Crippen molar-refractivity contribution in [1.82, 2.24) is 0 Å². The highest BCUT2D eigenvalue weighted by molar-refractivity contribution is 5.21. The summed E-state index contributed by atoms with van der Waals surface area (Å²) < 4.78 is 0. The molecule has 0 nitrogen and oxygen atoms in total. The van der Waals surface area contributed by atoms with Crippen molar-refractivity contribution >= 4 is 0 Å². The molecule has 0 aromatic carbocycles. The molecule has 0 radical (unpaired) electrons. The van der Waals surface area contributed by atoms with E-state index < -0.39 is 0 Å². The summed E-state index contributed by atoms with van der Waals surface area (Å²) in [6.45, 7) is 6.41. The van der Waals surface area contributed by atoms with Gasteiger partial charge in [-0.15, -0.1) is 0 Å². The molecule has 0 bridgehead atoms. The van der Waals surface area contributed by atoms with Crippen LogP contribution in [0, 0.1) is 11.8 Å². The van der Waals surface area contributed by atoms with Gasteiger partial charge in [0.25, 0.3) is 0 Å². The molecule has 2 rings (SSSR count). The lowest BCUT2D eigenvalue weighted by Gasteiger charge is -2.33. The molecular weight excluding hydrogens is 168 g/mol. The van der Waals surface area contributed by atoms with Gasteiger partial charge in [-0.05, 0) is 44.4 Å². The maximum atomic E-state index is 4.13. The van der Waals surface area contributed by atoms with Gasteiger partial charge >= 0.3 is 0 Å². The number of hydrogen-bond acceptors (Lipinski definition) is 0. The predicted molar refractivity (Wildman–Crippen MR) is 62.2 cm³/mol. The van der Waals surface area contributed by atoms with Crippen LogP contribution in [-0.2, 0) is 0 Å². The van der Waals surface area contributed by atoms with Gasteiger partial charge in [-0.1, -0.05) is 43.1 Å². The van der Waals surface area contributed by atoms with Gasteiger partial charge in [0.05, 0.1) is 0 Å². The highest BCUT2D eigenvalue weighted by Gasteiger charge is 2.25. The fraction of sp³-hybridized carbons (Fsp3) is 0.714. The van der Waals surface area contributed by atoms with E-state index in [4.69, 9.17) is 0 Å². The molecule has 0 aliphatic heterocycles. The maximum Gasteiger partial charge on any atom is -0.0282 e. The van der Waals surface area contributed by atoms with Crippen LogP contribution < -0.4 is 0 Å². The molecule has 2 aliphatic carbocycles. The van der Waals surface area contributed by atoms with Gasteiger partial charge in [0.1, 0.15) is 0 Å². The van der Waals surface area contributed by atoms with Crippen LogP contribution in [0.4, 0.5) is 0 Å². The summed E-state index contributed by atoms with van der Waals surface area (Å²) >= 11 is 0. The number of allylic oxidation sites excluding steroid dienone is 3. The SMILES string of the molecule is C=C1/C=C(/C)CC2CCCCC2CC1. The lowest BCUT2D eigenvalue weighted by molar-refractivity contribution is 0.220. The smallest absolute Gasteiger partial charge is 0.0282 e. The highest BCUT2D eigenvalue weighted by Crippen LogP contribution is 2.39. The van der Waals surface area contributed by atoms with Gasteiger partial charge in [0.2, 0.25) is 0 Å². The third kappa shape index (κ3) is 2.29. The van der Waals surface area contributed by atoms with Crippen molar-refractivity contribution in [2.45, 2.75) is 51.9 Å². The van der Waals surface area contributed by atoms with Crippen LogP contribution in [0.1, 0.15) is 51.9 Å². The molecule has 0 aromatic heterocycles. The Morgan fingerprint density at radius 1 is 1.14 bits per heavy atom. The standard InChI is InChI=1S/C14H22/c1-11-7-8-13-5-3-4-6-14(13)10-12(2)9-11/h9,13-14H,1,3-8,10H2,2H3/b12-9-. The lowest BCUT2D eigenvalue weighted by atomic mass is 9.72. The largest absolute Gasteiger partial charge is 0.0958 e. The van der Waals surface area contributed by atoms with Crippen LogP contribution in [0.15, 0.2) is 23.8 Å². The minimum Gasteiger partial charge on any atom is -0.0958 e. The van der Waals surface area contributed by atoms with E-state index >= 15 is 0 Å². The van der Waals surface area contributed by atoms with Gasteiger partial charge in [-0.2, -0.15) is 0 Å². The molecule has 0 N–H and O–H groups in total. The quantitative estimate of drug-likeness (QED) is 0.528. The van der Waals surface area contributed by atoms with Crippen LogP contribution in [0.3, 0.4) is 0 Å². The molecule has 0 saturated heterocycles. The van der Waals surface area contributed by atoms with Gasteiger partial charge in [-0.25, -0.2) is 0 Å². The van der Waals surface area contributed by atoms with Crippen LogP contribution >= 0.6 is 0 Å². The summed E-state index contributed by atoms with van der Waals surface area (Å²) in [5.41, 5.74) is 2.91. The molecule has 0 heteroatoms. The van der Waals surface area contributed by atoms with Crippen LogP contribution in [0.2, 0.25) is 0 Å². The van der Waals surface area contributed by atoms with E-state index in [1.165, 1.54) is 50.5 Å². The van der Waals surface area contributed by atoms with Gasteiger partial charge in [0.15, 0.2) is 0 Å². The first-order chi connectivity index (χ1) is 6.75. The fourth-order valence-electron chi connectivity index (χ4n) is 3.20. The zero-order valence-electron chi connectivity index (χ0n) is 9.39. The predicted octanol–water partition coefficient (Wildman–Crippen LogP) is 4.48. The Kier molecular flexibility index (Phi) is 3.10. The first-order valence-corrected chi connectivity index (χ1v) is 6.10. The van der Waals surface area contributed by atoms with Crippen LogP contribution in [-0.4, -0.2) is 0 Å². The molecule has 78 valence electrons. The second-order valence-corrected chi connectivity index (χ2v) is 5.20. The third-order valence-corrected chi connectivity index (χ3v) is 3.94. The van der Waals surface area contributed by atoms with E-state index in [1.54, 1.807) is 5.57 Å². The lowest BCUT2D eigenvalue weighted by Crippen LogP contribution is -2.21. The van der Waals surface area contributed by atoms with Gasteiger partial charge in [-0.3, -0.25) is 0 Å². The molecule has 0 aromatic rings. The molecule has 0 amide bonds. The van der Waals surface area contributed by atoms with Crippen LogP contribution in [0.25, 0.3) is 0 Å². The Balaban J connectivity index is 2.09. The summed E-state index contributed by atoms with van der Waals surface area (Å²) in [4.78, 5) is 0. The van der Waals surface area contributed by atoms with Gasteiger partial charge < -0.3 is 0 Å². The number of hydrogen-bond donors (Lipinski definition) is 0. The van der Waals surface area contributed by atoms with Crippen molar-refractivity contribution in [2.24, 2.45) is 11.8 Å². The molecule has 14 heavy (non-hydrogen) atoms. The monoisotopic (exact) mass is 190 g/mol. The fourth-order valence-corrected chi connectivity index (χ4v) is 3.20. The Bertz CT molecular complexity index is 247. The normalized spacial score (nSPS) is 37.8. The van der Waals surface area contributed by atoms with Crippen molar-refractivity contribution in [3.05, 3.63) is 23.8 Å². The maximum absolute atomic E-state index is 4.13. The van der Waals surface area contributed by atoms with Crippen LogP contribution in [0.5, 0.6) is 0 Å². The van der Waals surface area contributed by atoms with Crippen molar-refractivity contribution in [3.63, 3.8) is 0 Å². The number of fused-ring (bicyclic) bond motifs is 1. The first-order valence-electron chi connectivity index (χ1n) is 6.10. The summed E-state index contributed by atoms with van der Waals surface area (Å²) in [6.07, 6.45) is 12.2. The van der Waals surface area contributed by atoms with Crippen molar-refractivity contribution in [1.29, 1.82) is 0 Å². The summed E-state index contributed by atoms with van der Waals surface area (Å²) in [7, 11) is 0. The second-order valence-electron chi connectivity index (χ2n) is 5.20. The van der Waals surface area contributed by atoms with E-state index in [2.05, 4.69) is 19.6 Å². The van der Waals surface area contributed by atoms with E-state index in [-0.39, 0.29) is 0 Å².